The molecule has 2 rings (SSSR count). The van der Waals surface area contributed by atoms with Gasteiger partial charge in [-0.15, -0.1) is 0 Å². The van der Waals surface area contributed by atoms with Gasteiger partial charge in [0.05, 0.1) is 0 Å². The topological polar surface area (TPSA) is 55.6 Å². The van der Waals surface area contributed by atoms with E-state index < -0.39 is 0 Å². The number of imidazole rings is 1. The van der Waals surface area contributed by atoms with E-state index >= 15 is 0 Å². The molecule has 0 fully saturated rings. The largest absolute Gasteiger partial charge is 0.338 e. The molecule has 0 aromatic carbocycles. The predicted molar refractivity (Wildman–Crippen MR) is 83.8 cm³/mol. The van der Waals surface area contributed by atoms with Crippen molar-refractivity contribution in [2.45, 2.75) is 59.5 Å². The van der Waals surface area contributed by atoms with Crippen LogP contribution in [0.4, 0.5) is 0 Å². The molecular formula is C14H22N4OS. The molecule has 2 aromatic rings. The molecule has 110 valence electrons. The summed E-state index contributed by atoms with van der Waals surface area (Å²) >= 11 is 5.47. The van der Waals surface area contributed by atoms with E-state index in [4.69, 9.17) is 12.2 Å². The highest BCUT2D eigenvalue weighted by Crippen LogP contribution is 2.17. The summed E-state index contributed by atoms with van der Waals surface area (Å²) in [6.07, 6.45) is 1.77. The Labute approximate surface area is 123 Å². The van der Waals surface area contributed by atoms with Crippen molar-refractivity contribution >= 4 is 23.4 Å². The van der Waals surface area contributed by atoms with Crippen molar-refractivity contribution in [3.8, 4) is 0 Å². The summed E-state index contributed by atoms with van der Waals surface area (Å²) in [6, 6.07) is 0. The Morgan fingerprint density at radius 3 is 2.35 bits per heavy atom. The van der Waals surface area contributed by atoms with E-state index in [1.807, 2.05) is 6.92 Å². The van der Waals surface area contributed by atoms with Crippen LogP contribution in [-0.4, -0.2) is 19.1 Å². The molecule has 0 saturated heterocycles. The van der Waals surface area contributed by atoms with Gasteiger partial charge < -0.3 is 4.98 Å². The molecule has 0 saturated carbocycles. The SMILES string of the molecule is CCCn1c(=S)c2[nH]c(C(C)C)nc2n(CCC)c1=O. The zero-order valence-electron chi connectivity index (χ0n) is 12.6. The quantitative estimate of drug-likeness (QED) is 0.862. The van der Waals surface area contributed by atoms with Crippen molar-refractivity contribution in [3.63, 3.8) is 0 Å². The molecule has 5 nitrogen and oxygen atoms in total. The fourth-order valence-electron chi connectivity index (χ4n) is 2.30. The van der Waals surface area contributed by atoms with Gasteiger partial charge in [0, 0.05) is 19.0 Å². The molecule has 0 unspecified atom stereocenters. The van der Waals surface area contributed by atoms with Gasteiger partial charge in [-0.25, -0.2) is 9.78 Å². The highest BCUT2D eigenvalue weighted by atomic mass is 32.1. The van der Waals surface area contributed by atoms with Gasteiger partial charge >= 0.3 is 5.69 Å². The number of H-pyrrole nitrogens is 1. The van der Waals surface area contributed by atoms with Crippen LogP contribution in [0.15, 0.2) is 4.79 Å². The van der Waals surface area contributed by atoms with Crippen molar-refractivity contribution in [1.82, 2.24) is 19.1 Å². The Balaban J connectivity index is 2.84. The smallest absolute Gasteiger partial charge is 0.330 e. The molecule has 0 aliphatic rings. The normalized spacial score (nSPS) is 11.7. The lowest BCUT2D eigenvalue weighted by molar-refractivity contribution is 0.563. The first-order chi connectivity index (χ1) is 9.51. The van der Waals surface area contributed by atoms with E-state index in [0.717, 1.165) is 24.2 Å². The lowest BCUT2D eigenvalue weighted by Crippen LogP contribution is -2.31. The number of hydrogen-bond acceptors (Lipinski definition) is 3. The van der Waals surface area contributed by atoms with Crippen LogP contribution in [-0.2, 0) is 13.1 Å². The van der Waals surface area contributed by atoms with Crippen molar-refractivity contribution in [2.24, 2.45) is 0 Å². The number of aromatic amines is 1. The Bertz CT molecular complexity index is 723. The minimum atomic E-state index is -0.0481. The molecule has 0 spiro atoms. The highest BCUT2D eigenvalue weighted by molar-refractivity contribution is 7.71. The number of nitrogens with one attached hydrogen (secondary N) is 1. The van der Waals surface area contributed by atoms with Gasteiger partial charge in [0.15, 0.2) is 5.65 Å². The van der Waals surface area contributed by atoms with Crippen molar-refractivity contribution in [2.75, 3.05) is 0 Å². The van der Waals surface area contributed by atoms with Crippen LogP contribution in [0.3, 0.4) is 0 Å². The lowest BCUT2D eigenvalue weighted by atomic mass is 10.2. The summed E-state index contributed by atoms with van der Waals surface area (Å²) in [5.74, 6) is 1.16. The van der Waals surface area contributed by atoms with Crippen LogP contribution in [0, 0.1) is 4.64 Å². The van der Waals surface area contributed by atoms with E-state index in [0.29, 0.717) is 23.4 Å². The Kier molecular flexibility index (Phi) is 4.42. The number of nitrogens with zero attached hydrogens (tertiary/aromatic N) is 3. The maximum absolute atomic E-state index is 12.6. The van der Waals surface area contributed by atoms with Crippen LogP contribution in [0.25, 0.3) is 11.2 Å². The Morgan fingerprint density at radius 2 is 1.80 bits per heavy atom. The molecule has 0 radical (unpaired) electrons. The van der Waals surface area contributed by atoms with Crippen molar-refractivity contribution in [3.05, 3.63) is 20.9 Å². The summed E-state index contributed by atoms with van der Waals surface area (Å²) < 4.78 is 3.98. The number of aryl methyl sites for hydroxylation is 1. The monoisotopic (exact) mass is 294 g/mol. The van der Waals surface area contributed by atoms with Crippen LogP contribution in [0.5, 0.6) is 0 Å². The Morgan fingerprint density at radius 1 is 1.20 bits per heavy atom. The molecule has 0 bridgehead atoms. The third-order valence-electron chi connectivity index (χ3n) is 3.32. The van der Waals surface area contributed by atoms with E-state index in [2.05, 4.69) is 30.7 Å². The second-order valence-corrected chi connectivity index (χ2v) is 5.75. The highest BCUT2D eigenvalue weighted by Gasteiger charge is 2.15. The molecule has 1 N–H and O–H groups in total. The number of rotatable bonds is 5. The van der Waals surface area contributed by atoms with Gasteiger partial charge in [0.1, 0.15) is 16.0 Å². The molecule has 0 aliphatic carbocycles. The summed E-state index contributed by atoms with van der Waals surface area (Å²) in [5.41, 5.74) is 1.45. The number of aromatic nitrogens is 4. The molecule has 6 heteroatoms. The summed E-state index contributed by atoms with van der Waals surface area (Å²) in [5, 5.41) is 0. The molecule has 2 heterocycles. The minimum absolute atomic E-state index is 0.0481. The first-order valence-electron chi connectivity index (χ1n) is 7.24. The van der Waals surface area contributed by atoms with Crippen LogP contribution < -0.4 is 5.69 Å². The fourth-order valence-corrected chi connectivity index (χ4v) is 2.62. The summed E-state index contributed by atoms with van der Waals surface area (Å²) in [4.78, 5) is 20.4. The molecule has 20 heavy (non-hydrogen) atoms. The van der Waals surface area contributed by atoms with Gasteiger partial charge in [-0.3, -0.25) is 9.13 Å². The van der Waals surface area contributed by atoms with Gasteiger partial charge in [-0.2, -0.15) is 0 Å². The fraction of sp³-hybridized carbons (Fsp3) is 0.643. The van der Waals surface area contributed by atoms with Crippen molar-refractivity contribution < 1.29 is 0 Å². The van der Waals surface area contributed by atoms with E-state index in [1.165, 1.54) is 0 Å². The first-order valence-corrected chi connectivity index (χ1v) is 7.65. The Hall–Kier alpha value is -1.43. The molecule has 0 atom stereocenters. The third-order valence-corrected chi connectivity index (χ3v) is 3.75. The maximum Gasteiger partial charge on any atom is 0.330 e. The molecule has 2 aromatic heterocycles. The average molecular weight is 294 g/mol. The average Bonchev–Trinajstić information content (AvgIpc) is 2.85. The van der Waals surface area contributed by atoms with Gasteiger partial charge in [0.25, 0.3) is 0 Å². The van der Waals surface area contributed by atoms with Crippen LogP contribution in [0.2, 0.25) is 0 Å². The minimum Gasteiger partial charge on any atom is -0.338 e. The first kappa shape index (κ1) is 15.0. The zero-order valence-corrected chi connectivity index (χ0v) is 13.4. The summed E-state index contributed by atoms with van der Waals surface area (Å²) in [7, 11) is 0. The van der Waals surface area contributed by atoms with Crippen LogP contribution in [0.1, 0.15) is 52.3 Å². The molecule has 0 aliphatic heterocycles. The number of fused-ring (bicyclic) bond motifs is 1. The zero-order chi connectivity index (χ0) is 14.9. The second-order valence-electron chi connectivity index (χ2n) is 5.37. The van der Waals surface area contributed by atoms with Crippen molar-refractivity contribution in [1.29, 1.82) is 0 Å². The third kappa shape index (κ3) is 2.44. The van der Waals surface area contributed by atoms with E-state index in [9.17, 15) is 4.79 Å². The summed E-state index contributed by atoms with van der Waals surface area (Å²) in [6.45, 7) is 9.55. The molecular weight excluding hydrogens is 272 g/mol. The predicted octanol–water partition coefficient (Wildman–Crippen LogP) is 3.20. The lowest BCUT2D eigenvalue weighted by Gasteiger charge is -2.10. The number of hydrogen-bond donors (Lipinski definition) is 1. The second kappa shape index (κ2) is 5.91. The van der Waals surface area contributed by atoms with Gasteiger partial charge in [0.2, 0.25) is 0 Å². The van der Waals surface area contributed by atoms with E-state index in [-0.39, 0.29) is 11.6 Å². The van der Waals surface area contributed by atoms with Gasteiger partial charge in [-0.1, -0.05) is 39.9 Å². The molecule has 0 amide bonds. The maximum atomic E-state index is 12.6. The van der Waals surface area contributed by atoms with Crippen LogP contribution >= 0.6 is 12.2 Å². The van der Waals surface area contributed by atoms with E-state index in [1.54, 1.807) is 9.13 Å². The van der Waals surface area contributed by atoms with Gasteiger partial charge in [-0.05, 0) is 12.8 Å². The standard InChI is InChI=1S/C14H22N4OS/c1-5-7-17-12-10(15-11(16-12)9(3)4)13(20)18(8-6-2)14(17)19/h9H,5-8H2,1-4H3,(H,15,16).